The Kier molecular flexibility index (Phi) is 3.55. The van der Waals surface area contributed by atoms with Gasteiger partial charge in [-0.15, -0.1) is 0 Å². The first-order chi connectivity index (χ1) is 7.33. The fraction of sp³-hybridized carbons (Fsp3) is 0.417. The Bertz CT molecular complexity index is 368. The fourth-order valence-electron chi connectivity index (χ4n) is 1.18. The van der Waals surface area contributed by atoms with Crippen molar-refractivity contribution >= 4 is 5.97 Å². The minimum atomic E-state index is -1.23. The first-order valence-electron chi connectivity index (χ1n) is 5.11. The van der Waals surface area contributed by atoms with Crippen LogP contribution in [0.1, 0.15) is 32.4 Å². The summed E-state index contributed by atoms with van der Waals surface area (Å²) in [6, 6.07) is 7.07. The van der Waals surface area contributed by atoms with Crippen molar-refractivity contribution in [1.29, 1.82) is 0 Å². The lowest BCUT2D eigenvalue weighted by atomic mass is 10.1. The summed E-state index contributed by atoms with van der Waals surface area (Å²) in [5.74, 6) is -0.472. The van der Waals surface area contributed by atoms with Crippen LogP contribution in [0, 0.1) is 0 Å². The van der Waals surface area contributed by atoms with E-state index in [0.29, 0.717) is 5.75 Å². The zero-order valence-corrected chi connectivity index (χ0v) is 9.73. The highest BCUT2D eigenvalue weighted by Gasteiger charge is 2.29. The number of carbonyl (C=O) groups is 1. The van der Waals surface area contributed by atoms with E-state index in [1.54, 1.807) is 12.1 Å². The van der Waals surface area contributed by atoms with Gasteiger partial charge in [-0.2, -0.15) is 0 Å². The summed E-state index contributed by atoms with van der Waals surface area (Å²) < 4.78 is 5.36. The van der Waals surface area contributed by atoms with Crippen molar-refractivity contribution < 1.29 is 14.6 Å². The Hall–Kier alpha value is -1.55. The van der Waals surface area contributed by atoms with Crippen LogP contribution in [0.3, 0.4) is 0 Å². The normalized spacial score (nSPS) is 13.2. The van der Waals surface area contributed by atoms with Gasteiger partial charge < -0.3 is 15.6 Å². The maximum absolute atomic E-state index is 10.9. The molecule has 0 heterocycles. The van der Waals surface area contributed by atoms with Crippen LogP contribution in [0.2, 0.25) is 0 Å². The smallest absolute Gasteiger partial charge is 0.347 e. The van der Waals surface area contributed by atoms with Crippen molar-refractivity contribution in [3.8, 4) is 5.75 Å². The highest BCUT2D eigenvalue weighted by atomic mass is 16.5. The van der Waals surface area contributed by atoms with Crippen molar-refractivity contribution in [2.24, 2.45) is 5.73 Å². The Morgan fingerprint density at radius 2 is 1.88 bits per heavy atom. The summed E-state index contributed by atoms with van der Waals surface area (Å²) in [5, 5.41) is 8.90. The minimum Gasteiger partial charge on any atom is -0.478 e. The average Bonchev–Trinajstić information content (AvgIpc) is 2.17. The highest BCUT2D eigenvalue weighted by Crippen LogP contribution is 2.20. The molecule has 1 unspecified atom stereocenters. The van der Waals surface area contributed by atoms with Gasteiger partial charge in [-0.3, -0.25) is 0 Å². The lowest BCUT2D eigenvalue weighted by Gasteiger charge is -2.21. The average molecular weight is 223 g/mol. The molecule has 0 radical (unpaired) electrons. The third-order valence-electron chi connectivity index (χ3n) is 2.29. The predicted molar refractivity (Wildman–Crippen MR) is 61.4 cm³/mol. The number of rotatable bonds is 4. The van der Waals surface area contributed by atoms with E-state index in [2.05, 4.69) is 0 Å². The monoisotopic (exact) mass is 223 g/mol. The molecule has 4 nitrogen and oxygen atoms in total. The minimum absolute atomic E-state index is 0.0402. The van der Waals surface area contributed by atoms with Crippen LogP contribution in [0.25, 0.3) is 0 Å². The van der Waals surface area contributed by atoms with E-state index in [9.17, 15) is 4.79 Å². The summed E-state index contributed by atoms with van der Waals surface area (Å²) in [5.41, 5.74) is 5.46. The first-order valence-corrected chi connectivity index (χ1v) is 5.11. The van der Waals surface area contributed by atoms with Crippen LogP contribution >= 0.6 is 0 Å². The zero-order valence-electron chi connectivity index (χ0n) is 9.73. The van der Waals surface area contributed by atoms with Gasteiger partial charge in [-0.1, -0.05) is 12.1 Å². The Labute approximate surface area is 95.0 Å². The number of hydrogen-bond acceptors (Lipinski definition) is 3. The molecule has 0 fully saturated rings. The molecule has 0 aromatic heterocycles. The molecule has 0 aliphatic rings. The molecule has 0 bridgehead atoms. The van der Waals surface area contributed by atoms with Gasteiger partial charge in [0.15, 0.2) is 5.60 Å². The molecule has 0 aliphatic heterocycles. The van der Waals surface area contributed by atoms with E-state index in [0.717, 1.165) is 5.56 Å². The van der Waals surface area contributed by atoms with Gasteiger partial charge in [-0.05, 0) is 38.5 Å². The molecule has 1 aromatic carbocycles. The summed E-state index contributed by atoms with van der Waals surface area (Å²) in [4.78, 5) is 10.9. The van der Waals surface area contributed by atoms with Crippen molar-refractivity contribution in [2.75, 3.05) is 0 Å². The largest absolute Gasteiger partial charge is 0.478 e. The topological polar surface area (TPSA) is 72.5 Å². The van der Waals surface area contributed by atoms with Crippen LogP contribution in [-0.4, -0.2) is 16.7 Å². The van der Waals surface area contributed by atoms with Crippen LogP contribution in [0.15, 0.2) is 24.3 Å². The molecule has 0 amide bonds. The van der Waals surface area contributed by atoms with Crippen LogP contribution in [0.5, 0.6) is 5.75 Å². The molecule has 3 N–H and O–H groups in total. The molecule has 1 aromatic rings. The molecule has 16 heavy (non-hydrogen) atoms. The SMILES string of the molecule is CC(N)c1ccc(OC(C)(C)C(=O)O)cc1. The lowest BCUT2D eigenvalue weighted by Crippen LogP contribution is -2.37. The third-order valence-corrected chi connectivity index (χ3v) is 2.29. The maximum atomic E-state index is 10.9. The van der Waals surface area contributed by atoms with Gasteiger partial charge >= 0.3 is 5.97 Å². The summed E-state index contributed by atoms with van der Waals surface area (Å²) in [7, 11) is 0. The number of carboxylic acids is 1. The van der Waals surface area contributed by atoms with Crippen molar-refractivity contribution in [1.82, 2.24) is 0 Å². The van der Waals surface area contributed by atoms with Crippen LogP contribution in [-0.2, 0) is 4.79 Å². The maximum Gasteiger partial charge on any atom is 0.347 e. The molecular weight excluding hydrogens is 206 g/mol. The van der Waals surface area contributed by atoms with Crippen molar-refractivity contribution in [2.45, 2.75) is 32.4 Å². The Morgan fingerprint density at radius 3 is 2.25 bits per heavy atom. The van der Waals surface area contributed by atoms with Gasteiger partial charge in [0.2, 0.25) is 0 Å². The molecule has 4 heteroatoms. The second-order valence-corrected chi connectivity index (χ2v) is 4.28. The van der Waals surface area contributed by atoms with E-state index >= 15 is 0 Å². The van der Waals surface area contributed by atoms with Crippen molar-refractivity contribution in [3.05, 3.63) is 29.8 Å². The van der Waals surface area contributed by atoms with Gasteiger partial charge in [0, 0.05) is 6.04 Å². The molecule has 0 saturated carbocycles. The molecular formula is C12H17NO3. The van der Waals surface area contributed by atoms with E-state index < -0.39 is 11.6 Å². The quantitative estimate of drug-likeness (QED) is 0.818. The van der Waals surface area contributed by atoms with Gasteiger partial charge in [0.05, 0.1) is 0 Å². The molecule has 0 saturated heterocycles. The van der Waals surface area contributed by atoms with E-state index in [4.69, 9.17) is 15.6 Å². The number of aliphatic carboxylic acids is 1. The van der Waals surface area contributed by atoms with Crippen LogP contribution < -0.4 is 10.5 Å². The molecule has 0 aliphatic carbocycles. The van der Waals surface area contributed by atoms with Crippen molar-refractivity contribution in [3.63, 3.8) is 0 Å². The summed E-state index contributed by atoms with van der Waals surface area (Å²) in [6.07, 6.45) is 0. The van der Waals surface area contributed by atoms with Gasteiger partial charge in [-0.25, -0.2) is 4.79 Å². The molecule has 1 rings (SSSR count). The van der Waals surface area contributed by atoms with E-state index in [-0.39, 0.29) is 6.04 Å². The Morgan fingerprint density at radius 1 is 1.38 bits per heavy atom. The lowest BCUT2D eigenvalue weighted by molar-refractivity contribution is -0.152. The van der Waals surface area contributed by atoms with Gasteiger partial charge in [0.1, 0.15) is 5.75 Å². The number of hydrogen-bond donors (Lipinski definition) is 2. The predicted octanol–water partition coefficient (Wildman–Crippen LogP) is 1.95. The Balaban J connectivity index is 2.80. The van der Waals surface area contributed by atoms with Crippen LogP contribution in [0.4, 0.5) is 0 Å². The fourth-order valence-corrected chi connectivity index (χ4v) is 1.18. The molecule has 88 valence electrons. The number of benzene rings is 1. The molecule has 0 spiro atoms. The second-order valence-electron chi connectivity index (χ2n) is 4.28. The number of ether oxygens (including phenoxy) is 1. The van der Waals surface area contributed by atoms with Gasteiger partial charge in [0.25, 0.3) is 0 Å². The zero-order chi connectivity index (χ0) is 12.3. The number of carboxylic acid groups (broad SMARTS) is 1. The second kappa shape index (κ2) is 4.53. The highest BCUT2D eigenvalue weighted by molar-refractivity contribution is 5.76. The standard InChI is InChI=1S/C12H17NO3/c1-8(13)9-4-6-10(7-5-9)16-12(2,3)11(14)15/h4-8H,13H2,1-3H3,(H,14,15). The third kappa shape index (κ3) is 2.97. The number of nitrogens with two attached hydrogens (primary N) is 1. The van der Waals surface area contributed by atoms with E-state index in [1.807, 2.05) is 19.1 Å². The van der Waals surface area contributed by atoms with E-state index in [1.165, 1.54) is 13.8 Å². The first kappa shape index (κ1) is 12.5. The summed E-state index contributed by atoms with van der Waals surface area (Å²) >= 11 is 0. The summed E-state index contributed by atoms with van der Waals surface area (Å²) in [6.45, 7) is 4.90. The molecule has 1 atom stereocenters.